The van der Waals surface area contributed by atoms with Crippen LogP contribution in [0.1, 0.15) is 24.1 Å². The molecule has 1 aromatic carbocycles. The molecule has 2 atom stereocenters. The number of fused-ring (bicyclic) bond motifs is 1. The van der Waals surface area contributed by atoms with Crippen molar-refractivity contribution < 1.29 is 9.53 Å². The number of urea groups is 1. The predicted molar refractivity (Wildman–Crippen MR) is 112 cm³/mol. The van der Waals surface area contributed by atoms with Crippen molar-refractivity contribution in [1.82, 2.24) is 24.9 Å². The Balaban J connectivity index is 1.34. The molecular weight excluding hydrogens is 366 g/mol. The number of nitrogens with zero attached hydrogens (tertiary/aromatic N) is 3. The Morgan fingerprint density at radius 3 is 2.90 bits per heavy atom. The molecule has 0 bridgehead atoms. The number of hydrogen-bond acceptors (Lipinski definition) is 4. The summed E-state index contributed by atoms with van der Waals surface area (Å²) in [6.45, 7) is 5.60. The average Bonchev–Trinajstić information content (AvgIpc) is 3.24. The van der Waals surface area contributed by atoms with Gasteiger partial charge in [0.05, 0.1) is 36.8 Å². The van der Waals surface area contributed by atoms with Gasteiger partial charge in [0.2, 0.25) is 0 Å². The molecule has 3 aromatic rings. The van der Waals surface area contributed by atoms with E-state index in [2.05, 4.69) is 39.6 Å². The maximum Gasteiger partial charge on any atom is 0.315 e. The van der Waals surface area contributed by atoms with Crippen molar-refractivity contribution in [3.63, 3.8) is 0 Å². The van der Waals surface area contributed by atoms with E-state index >= 15 is 0 Å². The molecular formula is C22H27N5O2. The SMILES string of the molecule is CCN1CCO[C@@H](CNC(=O)NCc2ccc3cncn3c2)[C@@H]1c1ccccc1. The van der Waals surface area contributed by atoms with E-state index in [-0.39, 0.29) is 18.2 Å². The van der Waals surface area contributed by atoms with E-state index in [1.165, 1.54) is 5.56 Å². The lowest BCUT2D eigenvalue weighted by molar-refractivity contribution is -0.0681. The second-order valence-electron chi connectivity index (χ2n) is 7.22. The normalized spacial score (nSPS) is 19.9. The van der Waals surface area contributed by atoms with Crippen LogP contribution >= 0.6 is 0 Å². The van der Waals surface area contributed by atoms with Crippen molar-refractivity contribution in [2.75, 3.05) is 26.2 Å². The van der Waals surface area contributed by atoms with Gasteiger partial charge in [-0.05, 0) is 23.7 Å². The Kier molecular flexibility index (Phi) is 6.07. The van der Waals surface area contributed by atoms with Gasteiger partial charge in [0.25, 0.3) is 0 Å². The molecule has 7 heteroatoms. The summed E-state index contributed by atoms with van der Waals surface area (Å²) in [5.74, 6) is 0. The van der Waals surface area contributed by atoms with Gasteiger partial charge in [-0.1, -0.05) is 43.3 Å². The maximum atomic E-state index is 12.4. The van der Waals surface area contributed by atoms with Crippen LogP contribution in [0.4, 0.5) is 4.79 Å². The summed E-state index contributed by atoms with van der Waals surface area (Å²) in [4.78, 5) is 18.9. The van der Waals surface area contributed by atoms with Crippen LogP contribution in [0.5, 0.6) is 0 Å². The van der Waals surface area contributed by atoms with E-state index in [1.807, 2.05) is 40.9 Å². The third kappa shape index (κ3) is 4.58. The molecule has 0 aliphatic carbocycles. The molecule has 0 radical (unpaired) electrons. The zero-order chi connectivity index (χ0) is 20.1. The van der Waals surface area contributed by atoms with Gasteiger partial charge in [0, 0.05) is 25.8 Å². The summed E-state index contributed by atoms with van der Waals surface area (Å²) in [5, 5.41) is 5.90. The predicted octanol–water partition coefficient (Wildman–Crippen LogP) is 2.60. The third-order valence-electron chi connectivity index (χ3n) is 5.39. The summed E-state index contributed by atoms with van der Waals surface area (Å²) in [6.07, 6.45) is 5.44. The molecule has 0 spiro atoms. The van der Waals surface area contributed by atoms with E-state index in [9.17, 15) is 4.79 Å². The van der Waals surface area contributed by atoms with Gasteiger partial charge in [0.1, 0.15) is 0 Å². The van der Waals surface area contributed by atoms with Crippen LogP contribution in [0.3, 0.4) is 0 Å². The first-order chi connectivity index (χ1) is 14.2. The van der Waals surface area contributed by atoms with Crippen LogP contribution in [0.2, 0.25) is 0 Å². The van der Waals surface area contributed by atoms with Gasteiger partial charge in [-0.25, -0.2) is 9.78 Å². The molecule has 2 amide bonds. The first-order valence-electron chi connectivity index (χ1n) is 10.1. The van der Waals surface area contributed by atoms with Gasteiger partial charge in [-0.15, -0.1) is 0 Å². The molecule has 1 saturated heterocycles. The highest BCUT2D eigenvalue weighted by Gasteiger charge is 2.32. The monoisotopic (exact) mass is 393 g/mol. The molecule has 0 unspecified atom stereocenters. The van der Waals surface area contributed by atoms with E-state index in [4.69, 9.17) is 4.74 Å². The lowest BCUT2D eigenvalue weighted by Crippen LogP contribution is -2.50. The van der Waals surface area contributed by atoms with E-state index < -0.39 is 0 Å². The Morgan fingerprint density at radius 1 is 1.21 bits per heavy atom. The first-order valence-corrected chi connectivity index (χ1v) is 10.1. The van der Waals surface area contributed by atoms with Crippen molar-refractivity contribution in [1.29, 1.82) is 0 Å². The molecule has 29 heavy (non-hydrogen) atoms. The number of aromatic nitrogens is 2. The van der Waals surface area contributed by atoms with E-state index in [0.717, 1.165) is 24.2 Å². The number of rotatable bonds is 6. The fraction of sp³-hybridized carbons (Fsp3) is 0.364. The Bertz CT molecular complexity index is 943. The molecule has 0 saturated carbocycles. The summed E-state index contributed by atoms with van der Waals surface area (Å²) >= 11 is 0. The average molecular weight is 393 g/mol. The highest BCUT2D eigenvalue weighted by atomic mass is 16.5. The number of carbonyl (C=O) groups excluding carboxylic acids is 1. The van der Waals surface area contributed by atoms with Gasteiger partial charge in [-0.3, -0.25) is 4.90 Å². The fourth-order valence-electron chi connectivity index (χ4n) is 3.90. The fourth-order valence-corrected chi connectivity index (χ4v) is 3.90. The number of amides is 2. The van der Waals surface area contributed by atoms with Crippen LogP contribution in [-0.2, 0) is 11.3 Å². The summed E-state index contributed by atoms with van der Waals surface area (Å²) in [5.41, 5.74) is 3.26. The molecule has 1 aliphatic rings. The highest BCUT2D eigenvalue weighted by Crippen LogP contribution is 2.28. The Labute approximate surface area is 170 Å². The first kappa shape index (κ1) is 19.4. The molecule has 7 nitrogen and oxygen atoms in total. The minimum Gasteiger partial charge on any atom is -0.373 e. The van der Waals surface area contributed by atoms with Crippen LogP contribution in [0.15, 0.2) is 61.2 Å². The molecule has 4 rings (SSSR count). The third-order valence-corrected chi connectivity index (χ3v) is 5.39. The largest absolute Gasteiger partial charge is 0.373 e. The summed E-state index contributed by atoms with van der Waals surface area (Å²) < 4.78 is 7.97. The number of likely N-dealkylation sites (N-methyl/N-ethyl adjacent to an activating group) is 1. The second-order valence-corrected chi connectivity index (χ2v) is 7.22. The number of morpholine rings is 1. The number of benzene rings is 1. The van der Waals surface area contributed by atoms with Gasteiger partial charge in [0.15, 0.2) is 0 Å². The standard InChI is InChI=1S/C22H27N5O2/c1-2-26-10-11-29-20(21(26)18-6-4-3-5-7-18)14-25-22(28)24-12-17-8-9-19-13-23-16-27(19)15-17/h3-9,13,15-16,20-21H,2,10-12,14H2,1H3,(H2,24,25,28)/t20-,21-/m0/s1. The Hall–Kier alpha value is -2.90. The number of pyridine rings is 1. The minimum absolute atomic E-state index is 0.0841. The van der Waals surface area contributed by atoms with Gasteiger partial charge >= 0.3 is 6.03 Å². The number of carbonyl (C=O) groups is 1. The van der Waals surface area contributed by atoms with Crippen LogP contribution in [-0.4, -0.2) is 52.7 Å². The number of imidazole rings is 1. The van der Waals surface area contributed by atoms with E-state index in [1.54, 1.807) is 12.5 Å². The van der Waals surface area contributed by atoms with Crippen LogP contribution in [0, 0.1) is 0 Å². The molecule has 1 fully saturated rings. The number of hydrogen-bond donors (Lipinski definition) is 2. The highest BCUT2D eigenvalue weighted by molar-refractivity contribution is 5.73. The lowest BCUT2D eigenvalue weighted by Gasteiger charge is -2.41. The number of ether oxygens (including phenoxy) is 1. The second kappa shape index (κ2) is 9.07. The molecule has 152 valence electrons. The smallest absolute Gasteiger partial charge is 0.315 e. The van der Waals surface area contributed by atoms with Crippen molar-refractivity contribution in [3.8, 4) is 0 Å². The van der Waals surface area contributed by atoms with E-state index in [0.29, 0.717) is 19.7 Å². The summed E-state index contributed by atoms with van der Waals surface area (Å²) in [7, 11) is 0. The zero-order valence-electron chi connectivity index (χ0n) is 16.6. The zero-order valence-corrected chi connectivity index (χ0v) is 16.6. The van der Waals surface area contributed by atoms with Gasteiger partial charge in [-0.2, -0.15) is 0 Å². The van der Waals surface area contributed by atoms with Crippen molar-refractivity contribution in [2.24, 2.45) is 0 Å². The number of nitrogens with one attached hydrogen (secondary N) is 2. The molecule has 2 N–H and O–H groups in total. The summed E-state index contributed by atoms with van der Waals surface area (Å²) in [6, 6.07) is 14.3. The molecule has 3 heterocycles. The topological polar surface area (TPSA) is 70.9 Å². The van der Waals surface area contributed by atoms with Crippen molar-refractivity contribution >= 4 is 11.5 Å². The van der Waals surface area contributed by atoms with Crippen LogP contribution < -0.4 is 10.6 Å². The minimum atomic E-state index is -0.195. The van der Waals surface area contributed by atoms with Crippen molar-refractivity contribution in [2.45, 2.75) is 25.6 Å². The van der Waals surface area contributed by atoms with Crippen molar-refractivity contribution in [3.05, 3.63) is 72.3 Å². The maximum absolute atomic E-state index is 12.4. The van der Waals surface area contributed by atoms with Crippen LogP contribution in [0.25, 0.3) is 5.52 Å². The Morgan fingerprint density at radius 2 is 2.07 bits per heavy atom. The quantitative estimate of drug-likeness (QED) is 0.675. The van der Waals surface area contributed by atoms with Gasteiger partial charge < -0.3 is 19.8 Å². The molecule has 1 aliphatic heterocycles. The molecule has 2 aromatic heterocycles. The lowest BCUT2D eigenvalue weighted by atomic mass is 9.98.